The number of carbonyl (C=O) groups excluding carboxylic acids is 2. The molecule has 0 fully saturated rings. The first-order valence-corrected chi connectivity index (χ1v) is 9.96. The molecule has 0 saturated carbocycles. The van der Waals surface area contributed by atoms with E-state index in [1.165, 1.54) is 12.1 Å². The minimum Gasteiger partial charge on any atom is -0.352 e. The zero-order valence-electron chi connectivity index (χ0n) is 15.3. The monoisotopic (exact) mass is 389 g/mol. The highest BCUT2D eigenvalue weighted by Gasteiger charge is 2.18. The van der Waals surface area contributed by atoms with Crippen molar-refractivity contribution < 1.29 is 18.0 Å². The molecular weight excluding hydrogens is 366 g/mol. The van der Waals surface area contributed by atoms with Crippen LogP contribution in [0.4, 0.5) is 0 Å². The molecule has 0 bridgehead atoms. The lowest BCUT2D eigenvalue weighted by Crippen LogP contribution is -2.33. The van der Waals surface area contributed by atoms with Crippen LogP contribution in [-0.4, -0.2) is 38.7 Å². The molecular formula is C19H23N3O4S. The van der Waals surface area contributed by atoms with Crippen LogP contribution in [0.15, 0.2) is 59.5 Å². The summed E-state index contributed by atoms with van der Waals surface area (Å²) in [4.78, 5) is 25.9. The summed E-state index contributed by atoms with van der Waals surface area (Å²) in [7, 11) is -2.08. The number of hydrogen-bond acceptors (Lipinski definition) is 4. The Kier molecular flexibility index (Phi) is 6.70. The molecule has 144 valence electrons. The van der Waals surface area contributed by atoms with Crippen molar-refractivity contribution in [2.75, 3.05) is 13.6 Å². The average molecular weight is 389 g/mol. The van der Waals surface area contributed by atoms with Crippen LogP contribution in [0, 0.1) is 0 Å². The number of primary sulfonamides is 1. The molecule has 2 amide bonds. The summed E-state index contributed by atoms with van der Waals surface area (Å²) in [5.74, 6) is -0.357. The van der Waals surface area contributed by atoms with Crippen molar-refractivity contribution >= 4 is 21.8 Å². The van der Waals surface area contributed by atoms with Crippen molar-refractivity contribution in [3.63, 3.8) is 0 Å². The van der Waals surface area contributed by atoms with E-state index >= 15 is 0 Å². The van der Waals surface area contributed by atoms with Gasteiger partial charge in [-0.15, -0.1) is 0 Å². The lowest BCUT2D eigenvalue weighted by atomic mass is 10.1. The van der Waals surface area contributed by atoms with Crippen LogP contribution in [0.5, 0.6) is 0 Å². The average Bonchev–Trinajstić information content (AvgIpc) is 2.66. The quantitative estimate of drug-likeness (QED) is 0.750. The molecule has 0 aliphatic carbocycles. The van der Waals surface area contributed by atoms with E-state index in [-0.39, 0.29) is 35.7 Å². The largest absolute Gasteiger partial charge is 0.352 e. The molecule has 2 aromatic carbocycles. The van der Waals surface area contributed by atoms with E-state index in [0.717, 1.165) is 5.56 Å². The van der Waals surface area contributed by atoms with Gasteiger partial charge in [-0.25, -0.2) is 13.6 Å². The van der Waals surface area contributed by atoms with Crippen LogP contribution >= 0.6 is 0 Å². The van der Waals surface area contributed by atoms with Crippen LogP contribution in [0.3, 0.4) is 0 Å². The number of carbonyl (C=O) groups is 2. The van der Waals surface area contributed by atoms with Gasteiger partial charge in [-0.1, -0.05) is 30.3 Å². The summed E-state index contributed by atoms with van der Waals surface area (Å²) in [6, 6.07) is 14.6. The van der Waals surface area contributed by atoms with E-state index in [4.69, 9.17) is 5.14 Å². The van der Waals surface area contributed by atoms with Crippen molar-refractivity contribution in [2.45, 2.75) is 24.3 Å². The van der Waals surface area contributed by atoms with Gasteiger partial charge in [0.25, 0.3) is 5.91 Å². The summed E-state index contributed by atoms with van der Waals surface area (Å²) in [6.07, 6.45) is 0.161. The van der Waals surface area contributed by atoms with Crippen molar-refractivity contribution in [1.29, 1.82) is 0 Å². The fourth-order valence-electron chi connectivity index (χ4n) is 2.53. The number of nitrogens with one attached hydrogen (secondary N) is 1. The standard InChI is InChI=1S/C19H23N3O4S/c1-14(15-8-10-17(11-9-15)27(20,25)26)22(2)18(23)12-13-21-19(24)16-6-4-3-5-7-16/h3-11,14H,12-13H2,1-2H3,(H,21,24)(H2,20,25,26)/t14-/m1/s1. The zero-order chi connectivity index (χ0) is 20.0. The van der Waals surface area contributed by atoms with Gasteiger partial charge < -0.3 is 10.2 Å². The van der Waals surface area contributed by atoms with Crippen molar-refractivity contribution in [3.05, 3.63) is 65.7 Å². The molecule has 27 heavy (non-hydrogen) atoms. The second kappa shape index (κ2) is 8.79. The normalized spacial score (nSPS) is 12.3. The van der Waals surface area contributed by atoms with Crippen LogP contribution in [0.2, 0.25) is 0 Å². The first kappa shape index (κ1) is 20.6. The van der Waals surface area contributed by atoms with Gasteiger partial charge in [-0.2, -0.15) is 0 Å². The van der Waals surface area contributed by atoms with Crippen LogP contribution in [0.1, 0.15) is 35.3 Å². The SMILES string of the molecule is C[C@H](c1ccc(S(N)(=O)=O)cc1)N(C)C(=O)CCNC(=O)c1ccccc1. The van der Waals surface area contributed by atoms with Crippen molar-refractivity contribution in [1.82, 2.24) is 10.2 Å². The molecule has 2 rings (SSSR count). The number of amides is 2. The zero-order valence-corrected chi connectivity index (χ0v) is 16.1. The van der Waals surface area contributed by atoms with E-state index in [1.807, 2.05) is 13.0 Å². The highest BCUT2D eigenvalue weighted by atomic mass is 32.2. The molecule has 1 atom stereocenters. The number of nitrogens with two attached hydrogens (primary N) is 1. The number of sulfonamides is 1. The molecule has 3 N–H and O–H groups in total. The molecule has 7 nitrogen and oxygen atoms in total. The second-order valence-electron chi connectivity index (χ2n) is 6.17. The molecule has 0 radical (unpaired) electrons. The topological polar surface area (TPSA) is 110 Å². The summed E-state index contributed by atoms with van der Waals surface area (Å²) < 4.78 is 22.6. The van der Waals surface area contributed by atoms with Gasteiger partial charge in [0, 0.05) is 25.6 Å². The minimum atomic E-state index is -3.75. The maximum Gasteiger partial charge on any atom is 0.251 e. The Labute approximate surface area is 159 Å². The fraction of sp³-hybridized carbons (Fsp3) is 0.263. The molecule has 0 aliphatic rings. The van der Waals surface area contributed by atoms with Crippen LogP contribution in [-0.2, 0) is 14.8 Å². The first-order valence-electron chi connectivity index (χ1n) is 8.42. The van der Waals surface area contributed by atoms with E-state index in [1.54, 1.807) is 48.3 Å². The highest BCUT2D eigenvalue weighted by Crippen LogP contribution is 2.21. The van der Waals surface area contributed by atoms with Crippen LogP contribution < -0.4 is 10.5 Å². The Bertz CT molecular complexity index is 896. The van der Waals surface area contributed by atoms with Gasteiger partial charge in [-0.3, -0.25) is 9.59 Å². The Balaban J connectivity index is 1.89. The van der Waals surface area contributed by atoms with Gasteiger partial charge in [0.1, 0.15) is 0 Å². The smallest absolute Gasteiger partial charge is 0.251 e. The Morgan fingerprint density at radius 2 is 1.67 bits per heavy atom. The maximum absolute atomic E-state index is 12.4. The number of hydrogen-bond donors (Lipinski definition) is 2. The lowest BCUT2D eigenvalue weighted by molar-refractivity contribution is -0.131. The first-order chi connectivity index (χ1) is 12.7. The number of benzene rings is 2. The maximum atomic E-state index is 12.4. The Hall–Kier alpha value is -2.71. The van der Waals surface area contributed by atoms with Gasteiger partial charge in [0.2, 0.25) is 15.9 Å². The number of nitrogens with zero attached hydrogens (tertiary/aromatic N) is 1. The summed E-state index contributed by atoms with van der Waals surface area (Å²) in [6.45, 7) is 2.07. The second-order valence-corrected chi connectivity index (χ2v) is 7.73. The lowest BCUT2D eigenvalue weighted by Gasteiger charge is -2.25. The molecule has 0 heterocycles. The molecule has 0 saturated heterocycles. The molecule has 0 unspecified atom stereocenters. The van der Waals surface area contributed by atoms with Crippen molar-refractivity contribution in [3.8, 4) is 0 Å². The fourth-order valence-corrected chi connectivity index (χ4v) is 3.04. The molecule has 0 aliphatic heterocycles. The molecule has 2 aromatic rings. The Morgan fingerprint density at radius 1 is 1.07 bits per heavy atom. The number of rotatable bonds is 7. The van der Waals surface area contributed by atoms with E-state index in [0.29, 0.717) is 5.56 Å². The summed E-state index contributed by atoms with van der Waals surface area (Å²) in [5.41, 5.74) is 1.33. The minimum absolute atomic E-state index is 0.0241. The van der Waals surface area contributed by atoms with E-state index < -0.39 is 10.0 Å². The predicted molar refractivity (Wildman–Crippen MR) is 102 cm³/mol. The summed E-state index contributed by atoms with van der Waals surface area (Å²) >= 11 is 0. The Morgan fingerprint density at radius 3 is 2.22 bits per heavy atom. The van der Waals surface area contributed by atoms with Gasteiger partial charge in [-0.05, 0) is 36.8 Å². The van der Waals surface area contributed by atoms with Crippen molar-refractivity contribution in [2.24, 2.45) is 5.14 Å². The van der Waals surface area contributed by atoms with Gasteiger partial charge in [0.05, 0.1) is 10.9 Å². The third-order valence-corrected chi connectivity index (χ3v) is 5.26. The third-order valence-electron chi connectivity index (χ3n) is 4.33. The third kappa shape index (κ3) is 5.63. The molecule has 8 heteroatoms. The highest BCUT2D eigenvalue weighted by molar-refractivity contribution is 7.89. The predicted octanol–water partition coefficient (Wildman–Crippen LogP) is 1.67. The molecule has 0 spiro atoms. The van der Waals surface area contributed by atoms with E-state index in [2.05, 4.69) is 5.32 Å². The summed E-state index contributed by atoms with van der Waals surface area (Å²) in [5, 5.41) is 7.81. The molecule has 0 aromatic heterocycles. The van der Waals surface area contributed by atoms with Gasteiger partial charge in [0.15, 0.2) is 0 Å². The van der Waals surface area contributed by atoms with Crippen LogP contribution in [0.25, 0.3) is 0 Å². The van der Waals surface area contributed by atoms with E-state index in [9.17, 15) is 18.0 Å². The van der Waals surface area contributed by atoms with Gasteiger partial charge >= 0.3 is 0 Å².